The summed E-state index contributed by atoms with van der Waals surface area (Å²) in [5.74, 6) is 0.673. The Kier molecular flexibility index (Phi) is 4.51. The number of anilines is 1. The highest BCUT2D eigenvalue weighted by atomic mass is 35.5. The minimum Gasteiger partial charge on any atom is -0.305 e. The van der Waals surface area contributed by atoms with E-state index in [4.69, 9.17) is 16.6 Å². The van der Waals surface area contributed by atoms with E-state index in [1.54, 1.807) is 19.4 Å². The summed E-state index contributed by atoms with van der Waals surface area (Å²) < 4.78 is 2.09. The van der Waals surface area contributed by atoms with Crippen molar-refractivity contribution in [2.75, 3.05) is 12.5 Å². The van der Waals surface area contributed by atoms with Crippen LogP contribution in [0.3, 0.4) is 0 Å². The molecular weight excluding hydrogens is 348 g/mol. The van der Waals surface area contributed by atoms with E-state index in [1.807, 2.05) is 48.7 Å². The molecule has 7 heteroatoms. The van der Waals surface area contributed by atoms with E-state index in [0.29, 0.717) is 17.3 Å². The summed E-state index contributed by atoms with van der Waals surface area (Å²) in [6.45, 7) is 0. The Morgan fingerprint density at radius 2 is 1.88 bits per heavy atom. The summed E-state index contributed by atoms with van der Waals surface area (Å²) in [6.07, 6.45) is 6.07. The second-order valence-electron chi connectivity index (χ2n) is 5.79. The van der Waals surface area contributed by atoms with Crippen LogP contribution in [0.4, 0.5) is 5.82 Å². The van der Waals surface area contributed by atoms with Crippen molar-refractivity contribution < 1.29 is 0 Å². The Hall–Kier alpha value is -2.96. The maximum Gasteiger partial charge on any atom is 0.159 e. The first-order chi connectivity index (χ1) is 12.7. The molecule has 3 aromatic heterocycles. The zero-order valence-electron chi connectivity index (χ0n) is 14.1. The van der Waals surface area contributed by atoms with Crippen LogP contribution in [0.15, 0.2) is 61.1 Å². The predicted octanol–water partition coefficient (Wildman–Crippen LogP) is 3.58. The first-order valence-corrected chi connectivity index (χ1v) is 8.58. The van der Waals surface area contributed by atoms with Crippen molar-refractivity contribution >= 4 is 23.1 Å². The third kappa shape index (κ3) is 3.24. The summed E-state index contributed by atoms with van der Waals surface area (Å²) in [5.41, 5.74) is 10.6. The zero-order chi connectivity index (χ0) is 17.9. The van der Waals surface area contributed by atoms with E-state index in [2.05, 4.69) is 25.2 Å². The molecule has 0 bridgehead atoms. The molecule has 0 atom stereocenters. The van der Waals surface area contributed by atoms with Gasteiger partial charge in [0, 0.05) is 36.4 Å². The van der Waals surface area contributed by atoms with Crippen LogP contribution in [0.1, 0.15) is 11.4 Å². The molecule has 0 unspecified atom stereocenters. The number of halogens is 1. The zero-order valence-corrected chi connectivity index (χ0v) is 14.9. The number of rotatable bonds is 5. The van der Waals surface area contributed by atoms with E-state index >= 15 is 0 Å². The number of hydrogen-bond acceptors (Lipinski definition) is 5. The lowest BCUT2D eigenvalue weighted by Crippen LogP contribution is -2.16. The Bertz CT molecular complexity index is 1040. The van der Waals surface area contributed by atoms with E-state index in [0.717, 1.165) is 28.3 Å². The summed E-state index contributed by atoms with van der Waals surface area (Å²) in [4.78, 5) is 13.7. The topological polar surface area (TPSA) is 67.1 Å². The van der Waals surface area contributed by atoms with Crippen LogP contribution < -0.4 is 10.9 Å². The van der Waals surface area contributed by atoms with E-state index < -0.39 is 0 Å². The minimum absolute atomic E-state index is 0.607. The Balaban J connectivity index is 1.81. The number of fused-ring (bicyclic) bond motifs is 1. The molecule has 2 N–H and O–H groups in total. The molecule has 130 valence electrons. The van der Waals surface area contributed by atoms with Gasteiger partial charge in [-0.25, -0.2) is 15.4 Å². The molecule has 4 aromatic rings. The lowest BCUT2D eigenvalue weighted by molar-refractivity contribution is 0.923. The molecule has 0 radical (unpaired) electrons. The molecule has 0 fully saturated rings. The maximum atomic E-state index is 6.04. The number of benzene rings is 1. The third-order valence-electron chi connectivity index (χ3n) is 4.03. The Morgan fingerprint density at radius 1 is 1.04 bits per heavy atom. The average Bonchev–Trinajstić information content (AvgIpc) is 3.02. The molecule has 0 saturated heterocycles. The molecule has 6 nitrogen and oxygen atoms in total. The molecule has 0 spiro atoms. The Morgan fingerprint density at radius 3 is 2.69 bits per heavy atom. The summed E-state index contributed by atoms with van der Waals surface area (Å²) in [5, 5.41) is 0.704. The van der Waals surface area contributed by atoms with Gasteiger partial charge in [-0.15, -0.1) is 0 Å². The van der Waals surface area contributed by atoms with Crippen molar-refractivity contribution in [3.63, 3.8) is 0 Å². The highest BCUT2D eigenvalue weighted by molar-refractivity contribution is 6.30. The highest BCUT2D eigenvalue weighted by Crippen LogP contribution is 2.27. The van der Waals surface area contributed by atoms with E-state index in [1.165, 1.54) is 0 Å². The van der Waals surface area contributed by atoms with Crippen molar-refractivity contribution in [3.05, 3.63) is 77.5 Å². The van der Waals surface area contributed by atoms with Gasteiger partial charge in [0.1, 0.15) is 5.65 Å². The molecule has 1 aromatic carbocycles. The fourth-order valence-corrected chi connectivity index (χ4v) is 3.03. The van der Waals surface area contributed by atoms with Crippen molar-refractivity contribution in [2.45, 2.75) is 6.42 Å². The molecule has 3 heterocycles. The van der Waals surface area contributed by atoms with Crippen molar-refractivity contribution in [3.8, 4) is 11.3 Å². The van der Waals surface area contributed by atoms with E-state index in [-0.39, 0.29) is 0 Å². The van der Waals surface area contributed by atoms with Gasteiger partial charge in [-0.3, -0.25) is 4.98 Å². The van der Waals surface area contributed by atoms with Crippen LogP contribution in [-0.2, 0) is 6.42 Å². The number of nitrogens with one attached hydrogen (secondary N) is 2. The Labute approximate surface area is 155 Å². The second-order valence-corrected chi connectivity index (χ2v) is 6.23. The van der Waals surface area contributed by atoms with Gasteiger partial charge in [-0.1, -0.05) is 29.8 Å². The average molecular weight is 365 g/mol. The number of hydrogen-bond donors (Lipinski definition) is 2. The number of imidazole rings is 1. The molecule has 0 aliphatic rings. The van der Waals surface area contributed by atoms with Crippen LogP contribution in [0.25, 0.3) is 16.9 Å². The third-order valence-corrected chi connectivity index (χ3v) is 4.28. The SMILES string of the molecule is CNNc1cncc(Cc2c(-c3ccc(Cl)cc3)nc3ccccn23)n1. The predicted molar refractivity (Wildman–Crippen MR) is 103 cm³/mol. The molecule has 0 amide bonds. The van der Waals surface area contributed by atoms with Gasteiger partial charge in [0.2, 0.25) is 0 Å². The van der Waals surface area contributed by atoms with E-state index in [9.17, 15) is 0 Å². The van der Waals surface area contributed by atoms with Crippen LogP contribution in [0.5, 0.6) is 0 Å². The van der Waals surface area contributed by atoms with Crippen molar-refractivity contribution in [1.82, 2.24) is 24.8 Å². The van der Waals surface area contributed by atoms with Gasteiger partial charge in [0.05, 0.1) is 23.3 Å². The fourth-order valence-electron chi connectivity index (χ4n) is 2.91. The van der Waals surface area contributed by atoms with Gasteiger partial charge >= 0.3 is 0 Å². The van der Waals surface area contributed by atoms with Crippen LogP contribution in [0.2, 0.25) is 5.02 Å². The normalized spacial score (nSPS) is 11.0. The fraction of sp³-hybridized carbons (Fsp3) is 0.105. The quantitative estimate of drug-likeness (QED) is 0.530. The van der Waals surface area contributed by atoms with Crippen LogP contribution in [-0.4, -0.2) is 26.4 Å². The van der Waals surface area contributed by atoms with Gasteiger partial charge in [0.25, 0.3) is 0 Å². The first kappa shape index (κ1) is 16.5. The lowest BCUT2D eigenvalue weighted by atomic mass is 10.1. The van der Waals surface area contributed by atoms with Crippen LogP contribution >= 0.6 is 11.6 Å². The second kappa shape index (κ2) is 7.11. The van der Waals surface area contributed by atoms with Crippen molar-refractivity contribution in [1.29, 1.82) is 0 Å². The van der Waals surface area contributed by atoms with Gasteiger partial charge in [0.15, 0.2) is 5.82 Å². The number of hydrazine groups is 1. The van der Waals surface area contributed by atoms with Gasteiger partial charge in [-0.05, 0) is 24.3 Å². The van der Waals surface area contributed by atoms with Crippen LogP contribution in [0, 0.1) is 0 Å². The maximum absolute atomic E-state index is 6.04. The molecule has 0 aliphatic heterocycles. The summed E-state index contributed by atoms with van der Waals surface area (Å²) in [7, 11) is 1.79. The molecule has 26 heavy (non-hydrogen) atoms. The summed E-state index contributed by atoms with van der Waals surface area (Å²) in [6, 6.07) is 13.7. The number of aromatic nitrogens is 4. The van der Waals surface area contributed by atoms with Gasteiger partial charge < -0.3 is 9.83 Å². The molecular formula is C19H17ClN6. The largest absolute Gasteiger partial charge is 0.305 e. The standard InChI is InChI=1S/C19H17ClN6/c1-21-25-17-12-22-11-15(23-17)10-16-19(13-5-7-14(20)8-6-13)24-18-4-2-3-9-26(16)18/h2-9,11-12,21H,10H2,1H3,(H,23,25). The monoisotopic (exact) mass is 364 g/mol. The summed E-state index contributed by atoms with van der Waals surface area (Å²) >= 11 is 6.04. The minimum atomic E-state index is 0.607. The van der Waals surface area contributed by atoms with Gasteiger partial charge in [-0.2, -0.15) is 0 Å². The lowest BCUT2D eigenvalue weighted by Gasteiger charge is -2.07. The molecule has 4 rings (SSSR count). The highest BCUT2D eigenvalue weighted by Gasteiger charge is 2.15. The number of pyridine rings is 1. The molecule has 0 saturated carbocycles. The smallest absolute Gasteiger partial charge is 0.159 e. The van der Waals surface area contributed by atoms with Crippen molar-refractivity contribution in [2.24, 2.45) is 0 Å². The number of nitrogens with zero attached hydrogens (tertiary/aromatic N) is 4. The molecule has 0 aliphatic carbocycles. The first-order valence-electron chi connectivity index (χ1n) is 8.20.